The number of phosphoric acid groups is 1. The van der Waals surface area contributed by atoms with E-state index in [9.17, 15) is 44.6 Å². The van der Waals surface area contributed by atoms with Gasteiger partial charge in [-0.05, 0) is 57.8 Å². The lowest BCUT2D eigenvalue weighted by molar-refractivity contribution is -0.220. The second-order valence-corrected chi connectivity index (χ2v) is 19.8. The number of allylic oxidation sites excluding steroid dienone is 4. The SMILES string of the molecule is CCCCCC/C=C/CCCCCCCC(=O)OC[C@H](COP(=O)(O)OC1C(O)C(O)C(O)[C@@H](O)C1O)OC(=O)CCC/C=C/CCCCCCCCCCCCCCCCCCCC. The Morgan fingerprint density at radius 1 is 0.462 bits per heavy atom. The Labute approximate surface area is 394 Å². The minimum Gasteiger partial charge on any atom is -0.462 e. The molecular formula is C51H95O13P. The fraction of sp³-hybridized carbons (Fsp3) is 0.882. The van der Waals surface area contributed by atoms with E-state index in [1.165, 1.54) is 135 Å². The quantitative estimate of drug-likeness (QED) is 0.0146. The number of hydrogen-bond acceptors (Lipinski definition) is 12. The summed E-state index contributed by atoms with van der Waals surface area (Å²) in [5.74, 6) is -1.14. The highest BCUT2D eigenvalue weighted by molar-refractivity contribution is 7.47. The van der Waals surface area contributed by atoms with Crippen molar-refractivity contribution in [2.45, 2.75) is 275 Å². The molecule has 0 aromatic heterocycles. The maximum Gasteiger partial charge on any atom is 0.472 e. The average Bonchev–Trinajstić information content (AvgIpc) is 3.29. The molecule has 1 rings (SSSR count). The van der Waals surface area contributed by atoms with Gasteiger partial charge in [-0.2, -0.15) is 0 Å². The van der Waals surface area contributed by atoms with Crippen LogP contribution in [0.4, 0.5) is 0 Å². The van der Waals surface area contributed by atoms with Crippen LogP contribution in [0.2, 0.25) is 0 Å². The summed E-state index contributed by atoms with van der Waals surface area (Å²) in [7, 11) is -5.13. The summed E-state index contributed by atoms with van der Waals surface area (Å²) in [6, 6.07) is 0. The van der Waals surface area contributed by atoms with Crippen LogP contribution in [0, 0.1) is 0 Å². The zero-order valence-corrected chi connectivity index (χ0v) is 41.7. The van der Waals surface area contributed by atoms with Crippen LogP contribution in [0.1, 0.15) is 232 Å². The molecule has 6 unspecified atom stereocenters. The number of hydrogen-bond donors (Lipinski definition) is 6. The van der Waals surface area contributed by atoms with Gasteiger partial charge in [0.05, 0.1) is 6.61 Å². The number of esters is 2. The topological polar surface area (TPSA) is 210 Å². The first-order chi connectivity index (χ1) is 31.4. The molecule has 0 spiro atoms. The summed E-state index contributed by atoms with van der Waals surface area (Å²) < 4.78 is 33.6. The van der Waals surface area contributed by atoms with E-state index in [0.717, 1.165) is 51.4 Å². The van der Waals surface area contributed by atoms with Crippen LogP contribution in [0.3, 0.4) is 0 Å². The monoisotopic (exact) mass is 947 g/mol. The molecule has 0 bridgehead atoms. The lowest BCUT2D eigenvalue weighted by atomic mass is 9.85. The molecule has 14 heteroatoms. The molecule has 0 aromatic carbocycles. The van der Waals surface area contributed by atoms with Crippen LogP contribution in [0.5, 0.6) is 0 Å². The largest absolute Gasteiger partial charge is 0.472 e. The van der Waals surface area contributed by atoms with Crippen molar-refractivity contribution in [3.05, 3.63) is 24.3 Å². The summed E-state index contributed by atoms with van der Waals surface area (Å²) in [5.41, 5.74) is 0. The minimum atomic E-state index is -5.13. The molecule has 6 N–H and O–H groups in total. The van der Waals surface area contributed by atoms with Crippen molar-refractivity contribution in [3.8, 4) is 0 Å². The lowest BCUT2D eigenvalue weighted by Gasteiger charge is -2.41. The number of phosphoric ester groups is 1. The van der Waals surface area contributed by atoms with Crippen LogP contribution in [0.15, 0.2) is 24.3 Å². The number of aliphatic hydroxyl groups is 5. The highest BCUT2D eigenvalue weighted by Crippen LogP contribution is 2.47. The maximum absolute atomic E-state index is 12.8. The molecular weight excluding hydrogens is 852 g/mol. The van der Waals surface area contributed by atoms with Crippen molar-refractivity contribution < 1.29 is 63.1 Å². The molecule has 13 nitrogen and oxygen atoms in total. The Morgan fingerprint density at radius 2 is 0.800 bits per heavy atom. The van der Waals surface area contributed by atoms with Crippen LogP contribution >= 0.6 is 7.82 Å². The normalized spacial score (nSPS) is 21.5. The lowest BCUT2D eigenvalue weighted by Crippen LogP contribution is -2.64. The number of carbonyl (C=O) groups excluding carboxylic acids is 2. The molecule has 1 fully saturated rings. The maximum atomic E-state index is 12.8. The van der Waals surface area contributed by atoms with E-state index in [-0.39, 0.29) is 12.8 Å². The van der Waals surface area contributed by atoms with Crippen molar-refractivity contribution in [3.63, 3.8) is 0 Å². The van der Waals surface area contributed by atoms with Gasteiger partial charge in [0.2, 0.25) is 0 Å². The Balaban J connectivity index is 2.37. The van der Waals surface area contributed by atoms with E-state index in [2.05, 4.69) is 38.2 Å². The summed E-state index contributed by atoms with van der Waals surface area (Å²) >= 11 is 0. The molecule has 0 heterocycles. The van der Waals surface area contributed by atoms with E-state index < -0.39 is 75.7 Å². The van der Waals surface area contributed by atoms with Gasteiger partial charge in [-0.3, -0.25) is 18.6 Å². The zero-order valence-electron chi connectivity index (χ0n) is 40.8. The van der Waals surface area contributed by atoms with Gasteiger partial charge in [0, 0.05) is 12.8 Å². The third-order valence-electron chi connectivity index (χ3n) is 12.3. The van der Waals surface area contributed by atoms with Gasteiger partial charge in [0.1, 0.15) is 43.2 Å². The Hall–Kier alpha value is -1.67. The molecule has 0 aromatic rings. The van der Waals surface area contributed by atoms with E-state index in [1.54, 1.807) is 0 Å². The van der Waals surface area contributed by atoms with E-state index >= 15 is 0 Å². The molecule has 0 amide bonds. The Kier molecular flexibility index (Phi) is 39.0. The Morgan fingerprint density at radius 3 is 1.23 bits per heavy atom. The van der Waals surface area contributed by atoms with Gasteiger partial charge in [-0.15, -0.1) is 0 Å². The van der Waals surface area contributed by atoms with Crippen molar-refractivity contribution in [1.29, 1.82) is 0 Å². The van der Waals surface area contributed by atoms with Crippen LogP contribution < -0.4 is 0 Å². The molecule has 1 aliphatic carbocycles. The van der Waals surface area contributed by atoms with Gasteiger partial charge in [-0.1, -0.05) is 186 Å². The first-order valence-corrected chi connectivity index (χ1v) is 27.6. The highest BCUT2D eigenvalue weighted by atomic mass is 31.2. The first kappa shape index (κ1) is 61.3. The summed E-state index contributed by atoms with van der Waals surface area (Å²) in [5, 5.41) is 50.2. The molecule has 0 radical (unpaired) electrons. The molecule has 1 aliphatic rings. The van der Waals surface area contributed by atoms with Gasteiger partial charge in [0.15, 0.2) is 6.10 Å². The standard InChI is InChI=1S/C51H95O13P/c1-3-5-7-9-11-13-15-17-18-19-20-21-22-23-24-25-26-28-30-32-34-36-38-40-45(53)63-43(42-62-65(59,60)64-51-49(57)47(55)46(54)48(56)50(51)58)41-61-44(52)39-37-35-33-31-29-27-16-14-12-10-8-6-4-2/h14,16,32,34,43,46-51,54-58H,3-13,15,17-31,33,35-42H2,1-2H3,(H,59,60)/b16-14+,34-32+/t43-,46?,47-,48?,49?,50?,51?/m1/s1. The summed E-state index contributed by atoms with van der Waals surface area (Å²) in [6.45, 7) is 3.28. The van der Waals surface area contributed by atoms with Gasteiger partial charge in [0.25, 0.3) is 0 Å². The molecule has 0 saturated heterocycles. The van der Waals surface area contributed by atoms with Gasteiger partial charge >= 0.3 is 19.8 Å². The average molecular weight is 947 g/mol. The number of carbonyl (C=O) groups is 2. The van der Waals surface area contributed by atoms with Crippen LogP contribution in [-0.4, -0.2) is 98.3 Å². The van der Waals surface area contributed by atoms with Crippen LogP contribution in [0.25, 0.3) is 0 Å². The Bertz CT molecular complexity index is 1230. The third-order valence-corrected chi connectivity index (χ3v) is 13.3. The number of unbranched alkanes of at least 4 members (excludes halogenated alkanes) is 28. The predicted molar refractivity (Wildman–Crippen MR) is 258 cm³/mol. The number of aliphatic hydroxyl groups excluding tert-OH is 5. The molecule has 1 saturated carbocycles. The van der Waals surface area contributed by atoms with E-state index in [0.29, 0.717) is 19.3 Å². The van der Waals surface area contributed by atoms with E-state index in [1.807, 2.05) is 0 Å². The number of ether oxygens (including phenoxy) is 2. The molecule has 65 heavy (non-hydrogen) atoms. The molecule has 382 valence electrons. The smallest absolute Gasteiger partial charge is 0.462 e. The summed E-state index contributed by atoms with van der Waals surface area (Å²) in [4.78, 5) is 35.8. The van der Waals surface area contributed by atoms with Gasteiger partial charge < -0.3 is 39.9 Å². The fourth-order valence-electron chi connectivity index (χ4n) is 8.05. The summed E-state index contributed by atoms with van der Waals surface area (Å²) in [6.07, 6.45) is 33.9. The zero-order chi connectivity index (χ0) is 47.8. The second-order valence-electron chi connectivity index (χ2n) is 18.4. The second kappa shape index (κ2) is 41.3. The highest BCUT2D eigenvalue weighted by Gasteiger charge is 2.51. The van der Waals surface area contributed by atoms with Crippen molar-refractivity contribution >= 4 is 19.8 Å². The first-order valence-electron chi connectivity index (χ1n) is 26.1. The van der Waals surface area contributed by atoms with E-state index in [4.69, 9.17) is 18.5 Å². The van der Waals surface area contributed by atoms with Crippen molar-refractivity contribution in [2.24, 2.45) is 0 Å². The third kappa shape index (κ3) is 33.5. The van der Waals surface area contributed by atoms with Crippen LogP contribution in [-0.2, 0) is 32.7 Å². The minimum absolute atomic E-state index is 0.0502. The molecule has 8 atom stereocenters. The number of rotatable bonds is 44. The fourth-order valence-corrected chi connectivity index (χ4v) is 9.02. The van der Waals surface area contributed by atoms with Crippen molar-refractivity contribution in [2.75, 3.05) is 13.2 Å². The van der Waals surface area contributed by atoms with Crippen molar-refractivity contribution in [1.82, 2.24) is 0 Å². The molecule has 0 aliphatic heterocycles. The predicted octanol–water partition coefficient (Wildman–Crippen LogP) is 11.2. The van der Waals surface area contributed by atoms with Gasteiger partial charge in [-0.25, -0.2) is 4.57 Å².